The number of aromatic nitrogens is 1. The molecule has 174 valence electrons. The second-order valence-corrected chi connectivity index (χ2v) is 9.44. The zero-order valence-corrected chi connectivity index (χ0v) is 20.1. The summed E-state index contributed by atoms with van der Waals surface area (Å²) in [5.74, 6) is 0.924. The van der Waals surface area contributed by atoms with Crippen molar-refractivity contribution in [1.82, 2.24) is 4.98 Å². The summed E-state index contributed by atoms with van der Waals surface area (Å²) in [4.78, 5) is 33.7. The summed E-state index contributed by atoms with van der Waals surface area (Å²) in [5.41, 5.74) is 1.70. The van der Waals surface area contributed by atoms with Crippen molar-refractivity contribution in [2.24, 2.45) is 0 Å². The van der Waals surface area contributed by atoms with Crippen molar-refractivity contribution >= 4 is 55.2 Å². The quantitative estimate of drug-likeness (QED) is 0.306. The number of ether oxygens (including phenoxy) is 2. The maximum Gasteiger partial charge on any atom is 0.297 e. The number of rotatable bonds is 4. The van der Waals surface area contributed by atoms with Crippen LogP contribution < -0.4 is 19.8 Å². The van der Waals surface area contributed by atoms with Gasteiger partial charge in [-0.15, -0.1) is 0 Å². The summed E-state index contributed by atoms with van der Waals surface area (Å²) in [7, 11) is 3.17. The number of hydrogen-bond donors (Lipinski definition) is 0. The number of hydrogen-bond acceptors (Lipinski definition) is 7. The van der Waals surface area contributed by atoms with E-state index in [1.807, 2.05) is 30.3 Å². The van der Waals surface area contributed by atoms with Gasteiger partial charge < -0.3 is 13.9 Å². The predicted molar refractivity (Wildman–Crippen MR) is 135 cm³/mol. The van der Waals surface area contributed by atoms with Crippen molar-refractivity contribution < 1.29 is 18.7 Å². The molecule has 9 heteroatoms. The molecule has 0 bridgehead atoms. The summed E-state index contributed by atoms with van der Waals surface area (Å²) >= 11 is 7.50. The van der Waals surface area contributed by atoms with Crippen molar-refractivity contribution in [3.05, 3.63) is 92.8 Å². The van der Waals surface area contributed by atoms with Gasteiger partial charge in [0.15, 0.2) is 10.6 Å². The van der Waals surface area contributed by atoms with Crippen LogP contribution in [0.5, 0.6) is 11.5 Å². The number of anilines is 1. The molecule has 3 aromatic carbocycles. The van der Waals surface area contributed by atoms with E-state index in [0.717, 1.165) is 15.8 Å². The average molecular weight is 505 g/mol. The first-order chi connectivity index (χ1) is 17.0. The summed E-state index contributed by atoms with van der Waals surface area (Å²) in [6.45, 7) is 0. The molecule has 3 heterocycles. The van der Waals surface area contributed by atoms with E-state index in [1.54, 1.807) is 44.6 Å². The molecule has 0 radical (unpaired) electrons. The second kappa shape index (κ2) is 8.11. The summed E-state index contributed by atoms with van der Waals surface area (Å²) < 4.78 is 17.5. The first-order valence-corrected chi connectivity index (χ1v) is 11.9. The van der Waals surface area contributed by atoms with Gasteiger partial charge in [0.05, 0.1) is 41.4 Å². The lowest BCUT2D eigenvalue weighted by Crippen LogP contribution is -2.29. The highest BCUT2D eigenvalue weighted by atomic mass is 35.5. The number of benzene rings is 3. The van der Waals surface area contributed by atoms with E-state index in [2.05, 4.69) is 0 Å². The minimum absolute atomic E-state index is 0.00229. The van der Waals surface area contributed by atoms with E-state index in [4.69, 9.17) is 30.5 Å². The van der Waals surface area contributed by atoms with Gasteiger partial charge in [-0.1, -0.05) is 35.1 Å². The number of carbonyl (C=O) groups is 1. The van der Waals surface area contributed by atoms with Crippen molar-refractivity contribution in [3.63, 3.8) is 0 Å². The molecule has 1 atom stereocenters. The monoisotopic (exact) mass is 504 g/mol. The Labute approximate surface area is 208 Å². The SMILES string of the molecule is COc1ccc(C2c3c(oc4ccc(Cl)cc4c3=O)C(=O)N2c2nc3ccc(OC)cc3s2)cc1. The molecule has 0 fully saturated rings. The Morgan fingerprint density at radius 1 is 0.971 bits per heavy atom. The maximum atomic E-state index is 13.8. The van der Waals surface area contributed by atoms with Gasteiger partial charge in [-0.25, -0.2) is 4.98 Å². The standard InChI is InChI=1S/C26H17ClN2O5S/c1-32-15-6-3-13(4-7-15)22-21-23(30)17-11-14(27)5-10-19(17)34-24(21)25(31)29(22)26-28-18-9-8-16(33-2)12-20(18)35-26/h3-12,22H,1-2H3. The molecule has 1 aliphatic rings. The normalized spacial score (nSPS) is 15.1. The maximum absolute atomic E-state index is 13.8. The van der Waals surface area contributed by atoms with E-state index in [1.165, 1.54) is 16.2 Å². The number of nitrogens with zero attached hydrogens (tertiary/aromatic N) is 2. The zero-order valence-electron chi connectivity index (χ0n) is 18.6. The van der Waals surface area contributed by atoms with Crippen LogP contribution in [-0.2, 0) is 0 Å². The molecule has 0 N–H and O–H groups in total. The number of fused-ring (bicyclic) bond motifs is 3. The summed E-state index contributed by atoms with van der Waals surface area (Å²) in [5, 5.41) is 1.18. The Morgan fingerprint density at radius 2 is 1.71 bits per heavy atom. The molecule has 7 nitrogen and oxygen atoms in total. The lowest BCUT2D eigenvalue weighted by atomic mass is 9.98. The van der Waals surface area contributed by atoms with Crippen LogP contribution in [0.2, 0.25) is 5.02 Å². The predicted octanol–water partition coefficient (Wildman–Crippen LogP) is 5.82. The first-order valence-electron chi connectivity index (χ1n) is 10.7. The van der Waals surface area contributed by atoms with Crippen molar-refractivity contribution in [3.8, 4) is 11.5 Å². The molecule has 6 rings (SSSR count). The molecular formula is C26H17ClN2O5S. The van der Waals surface area contributed by atoms with E-state index in [9.17, 15) is 9.59 Å². The molecule has 0 saturated heterocycles. The Bertz CT molecular complexity index is 1690. The van der Waals surface area contributed by atoms with Crippen LogP contribution in [0.1, 0.15) is 27.7 Å². The lowest BCUT2D eigenvalue weighted by molar-refractivity contribution is 0.0971. The molecule has 0 spiro atoms. The number of halogens is 1. The highest BCUT2D eigenvalue weighted by molar-refractivity contribution is 7.22. The molecule has 0 saturated carbocycles. The highest BCUT2D eigenvalue weighted by Gasteiger charge is 2.45. The van der Waals surface area contributed by atoms with Crippen molar-refractivity contribution in [1.29, 1.82) is 0 Å². The Hall–Kier alpha value is -3.88. The fourth-order valence-electron chi connectivity index (χ4n) is 4.37. The molecule has 0 aliphatic carbocycles. The van der Waals surface area contributed by atoms with Crippen LogP contribution in [0.3, 0.4) is 0 Å². The molecule has 2 aromatic heterocycles. The smallest absolute Gasteiger partial charge is 0.297 e. The fourth-order valence-corrected chi connectivity index (χ4v) is 5.56. The third kappa shape index (κ3) is 3.37. The number of methoxy groups -OCH3 is 2. The molecule has 1 amide bonds. The van der Waals surface area contributed by atoms with Gasteiger partial charge in [0, 0.05) is 5.02 Å². The van der Waals surface area contributed by atoms with Crippen LogP contribution in [0.25, 0.3) is 21.2 Å². The van der Waals surface area contributed by atoms with Gasteiger partial charge in [-0.2, -0.15) is 0 Å². The van der Waals surface area contributed by atoms with Crippen molar-refractivity contribution in [2.75, 3.05) is 19.1 Å². The van der Waals surface area contributed by atoms with Crippen LogP contribution in [0, 0.1) is 0 Å². The Morgan fingerprint density at radius 3 is 2.46 bits per heavy atom. The molecule has 35 heavy (non-hydrogen) atoms. The fraction of sp³-hybridized carbons (Fsp3) is 0.115. The minimum Gasteiger partial charge on any atom is -0.497 e. The Kier molecular flexibility index (Phi) is 5.01. The molecule has 1 unspecified atom stereocenters. The van der Waals surface area contributed by atoms with Crippen LogP contribution in [0.15, 0.2) is 69.9 Å². The van der Waals surface area contributed by atoms with Gasteiger partial charge in [-0.05, 0) is 54.1 Å². The summed E-state index contributed by atoms with van der Waals surface area (Å²) in [6, 6.07) is 16.8. The first kappa shape index (κ1) is 21.6. The van der Waals surface area contributed by atoms with Gasteiger partial charge >= 0.3 is 0 Å². The molecule has 5 aromatic rings. The van der Waals surface area contributed by atoms with Crippen LogP contribution >= 0.6 is 22.9 Å². The van der Waals surface area contributed by atoms with Gasteiger partial charge in [0.1, 0.15) is 17.1 Å². The zero-order chi connectivity index (χ0) is 24.3. The highest BCUT2D eigenvalue weighted by Crippen LogP contribution is 2.44. The molecule has 1 aliphatic heterocycles. The third-order valence-electron chi connectivity index (χ3n) is 6.05. The number of thiazole rings is 1. The topological polar surface area (TPSA) is 81.9 Å². The van der Waals surface area contributed by atoms with Gasteiger partial charge in [-0.3, -0.25) is 14.5 Å². The molecular weight excluding hydrogens is 488 g/mol. The van der Waals surface area contributed by atoms with E-state index >= 15 is 0 Å². The van der Waals surface area contributed by atoms with Crippen LogP contribution in [-0.4, -0.2) is 25.1 Å². The van der Waals surface area contributed by atoms with Gasteiger partial charge in [0.2, 0.25) is 5.76 Å². The number of amides is 1. The van der Waals surface area contributed by atoms with E-state index in [0.29, 0.717) is 32.6 Å². The Balaban J connectivity index is 1.61. The lowest BCUT2D eigenvalue weighted by Gasteiger charge is -2.22. The minimum atomic E-state index is -0.731. The number of carbonyl (C=O) groups excluding carboxylic acids is 1. The van der Waals surface area contributed by atoms with E-state index < -0.39 is 11.9 Å². The summed E-state index contributed by atoms with van der Waals surface area (Å²) in [6.07, 6.45) is 0. The third-order valence-corrected chi connectivity index (χ3v) is 7.31. The van der Waals surface area contributed by atoms with Crippen molar-refractivity contribution in [2.45, 2.75) is 6.04 Å². The average Bonchev–Trinajstić information content (AvgIpc) is 3.42. The van der Waals surface area contributed by atoms with Gasteiger partial charge in [0.25, 0.3) is 5.91 Å². The largest absolute Gasteiger partial charge is 0.497 e. The van der Waals surface area contributed by atoms with Crippen LogP contribution in [0.4, 0.5) is 5.13 Å². The van der Waals surface area contributed by atoms with E-state index in [-0.39, 0.29) is 16.8 Å². The second-order valence-electron chi connectivity index (χ2n) is 8.00.